The van der Waals surface area contributed by atoms with Crippen LogP contribution in [0, 0.1) is 5.92 Å². The van der Waals surface area contributed by atoms with Crippen molar-refractivity contribution in [1.29, 1.82) is 0 Å². The van der Waals surface area contributed by atoms with Crippen molar-refractivity contribution in [2.45, 2.75) is 26.8 Å². The fourth-order valence-corrected chi connectivity index (χ4v) is 0.652. The summed E-state index contributed by atoms with van der Waals surface area (Å²) >= 11 is 0. The predicted octanol–water partition coefficient (Wildman–Crippen LogP) is 2.73. The molecule has 12 heavy (non-hydrogen) atoms. The van der Waals surface area contributed by atoms with Gasteiger partial charge in [-0.05, 0) is 19.4 Å². The minimum atomic E-state index is 0.000556. The van der Waals surface area contributed by atoms with Crippen molar-refractivity contribution in [3.63, 3.8) is 0 Å². The monoisotopic (exact) mass is 167 g/mol. The number of hydrogen-bond donors (Lipinski definition) is 1. The molecule has 0 saturated heterocycles. The lowest BCUT2D eigenvalue weighted by atomic mass is 10.0. The number of aliphatic hydroxyl groups is 1. The molecule has 0 aromatic rings. The first-order valence-corrected chi connectivity index (χ1v) is 4.01. The molecule has 0 heterocycles. The van der Waals surface area contributed by atoms with E-state index in [4.69, 9.17) is 5.11 Å². The van der Waals surface area contributed by atoms with Crippen LogP contribution in [0.25, 0.3) is 0 Å². The summed E-state index contributed by atoms with van der Waals surface area (Å²) in [6.07, 6.45) is 1.71. The van der Waals surface area contributed by atoms with Gasteiger partial charge in [-0.25, -0.2) is 0 Å². The first kappa shape index (κ1) is 11.0. The molecule has 0 bridgehead atoms. The molecule has 0 aliphatic heterocycles. The Kier molecular flexibility index (Phi) is 4.34. The molecule has 0 saturated carbocycles. The molecule has 0 spiro atoms. The van der Waals surface area contributed by atoms with Crippen LogP contribution in [0.5, 0.6) is 0 Å². The zero-order chi connectivity index (χ0) is 9.72. The van der Waals surface area contributed by atoms with Crippen LogP contribution in [-0.4, -0.2) is 17.4 Å². The lowest BCUT2D eigenvalue weighted by Crippen LogP contribution is -2.13. The zero-order valence-corrected chi connectivity index (χ0v) is 8.04. The SMILES string of the molecule is C=C(C)C=NC(C)C(C)C(=C)O. The quantitative estimate of drug-likeness (QED) is 0.506. The summed E-state index contributed by atoms with van der Waals surface area (Å²) in [6, 6.07) is 0.0548. The molecule has 0 aromatic heterocycles. The number of rotatable bonds is 4. The second kappa shape index (κ2) is 4.75. The molecular formula is C10H17NO. The third kappa shape index (κ3) is 3.96. The lowest BCUT2D eigenvalue weighted by molar-refractivity contribution is 0.323. The van der Waals surface area contributed by atoms with E-state index in [9.17, 15) is 0 Å². The highest BCUT2D eigenvalue weighted by atomic mass is 16.3. The Balaban J connectivity index is 4.12. The smallest absolute Gasteiger partial charge is 0.0900 e. The Morgan fingerprint density at radius 2 is 1.92 bits per heavy atom. The second-order valence-corrected chi connectivity index (χ2v) is 3.15. The van der Waals surface area contributed by atoms with Gasteiger partial charge in [-0.3, -0.25) is 4.99 Å². The van der Waals surface area contributed by atoms with Gasteiger partial charge in [-0.15, -0.1) is 0 Å². The highest BCUT2D eigenvalue weighted by Crippen LogP contribution is 2.12. The number of aliphatic hydroxyl groups excluding tert-OH is 1. The van der Waals surface area contributed by atoms with Gasteiger partial charge in [0.25, 0.3) is 0 Å². The van der Waals surface area contributed by atoms with Gasteiger partial charge >= 0.3 is 0 Å². The van der Waals surface area contributed by atoms with E-state index in [-0.39, 0.29) is 17.7 Å². The molecule has 2 atom stereocenters. The van der Waals surface area contributed by atoms with E-state index in [1.54, 1.807) is 6.21 Å². The van der Waals surface area contributed by atoms with Crippen LogP contribution in [-0.2, 0) is 0 Å². The van der Waals surface area contributed by atoms with Crippen molar-refractivity contribution in [3.05, 3.63) is 24.5 Å². The first-order valence-electron chi connectivity index (χ1n) is 4.01. The van der Waals surface area contributed by atoms with Crippen LogP contribution in [0.15, 0.2) is 29.5 Å². The van der Waals surface area contributed by atoms with Gasteiger partial charge in [-0.2, -0.15) is 0 Å². The third-order valence-corrected chi connectivity index (χ3v) is 1.78. The summed E-state index contributed by atoms with van der Waals surface area (Å²) in [4.78, 5) is 4.20. The van der Waals surface area contributed by atoms with Gasteiger partial charge in [0.2, 0.25) is 0 Å². The van der Waals surface area contributed by atoms with Gasteiger partial charge in [0.05, 0.1) is 11.8 Å². The summed E-state index contributed by atoms with van der Waals surface area (Å²) in [5.74, 6) is 0.182. The molecule has 0 fully saturated rings. The Morgan fingerprint density at radius 3 is 2.25 bits per heavy atom. The highest BCUT2D eigenvalue weighted by Gasteiger charge is 2.12. The molecule has 2 heteroatoms. The van der Waals surface area contributed by atoms with E-state index >= 15 is 0 Å². The van der Waals surface area contributed by atoms with Crippen LogP contribution in [0.4, 0.5) is 0 Å². The van der Waals surface area contributed by atoms with Crippen molar-refractivity contribution in [2.75, 3.05) is 0 Å². The van der Waals surface area contributed by atoms with Gasteiger partial charge < -0.3 is 5.11 Å². The third-order valence-electron chi connectivity index (χ3n) is 1.78. The minimum absolute atomic E-state index is 0.000556. The van der Waals surface area contributed by atoms with Crippen LogP contribution in [0.3, 0.4) is 0 Å². The summed E-state index contributed by atoms with van der Waals surface area (Å²) in [7, 11) is 0. The molecule has 68 valence electrons. The molecule has 0 aliphatic rings. The van der Waals surface area contributed by atoms with Crippen LogP contribution < -0.4 is 0 Å². The number of aliphatic imine (C=N–C) groups is 1. The normalized spacial score (nSPS) is 15.9. The maximum Gasteiger partial charge on any atom is 0.0900 e. The molecule has 0 radical (unpaired) electrons. The van der Waals surface area contributed by atoms with Gasteiger partial charge in [0.15, 0.2) is 0 Å². The summed E-state index contributed by atoms with van der Waals surface area (Å²) in [5.41, 5.74) is 0.914. The largest absolute Gasteiger partial charge is 0.513 e. The number of nitrogens with zero attached hydrogens (tertiary/aromatic N) is 1. The van der Waals surface area contributed by atoms with Crippen LogP contribution in [0.1, 0.15) is 20.8 Å². The molecule has 2 unspecified atom stereocenters. The van der Waals surface area contributed by atoms with E-state index in [0.717, 1.165) is 5.57 Å². The lowest BCUT2D eigenvalue weighted by Gasteiger charge is -2.13. The van der Waals surface area contributed by atoms with E-state index in [2.05, 4.69) is 18.2 Å². The average Bonchev–Trinajstić information content (AvgIpc) is 1.98. The van der Waals surface area contributed by atoms with E-state index in [1.165, 1.54) is 0 Å². The predicted molar refractivity (Wildman–Crippen MR) is 53.7 cm³/mol. The molecule has 0 amide bonds. The summed E-state index contributed by atoms with van der Waals surface area (Å²) < 4.78 is 0. The topological polar surface area (TPSA) is 32.6 Å². The highest BCUT2D eigenvalue weighted by molar-refractivity contribution is 5.76. The Bertz CT molecular complexity index is 206. The van der Waals surface area contributed by atoms with Crippen molar-refractivity contribution >= 4 is 6.21 Å². The Labute approximate surface area is 74.3 Å². The first-order chi connectivity index (χ1) is 5.45. The molecule has 0 aromatic carbocycles. The van der Waals surface area contributed by atoms with Crippen molar-refractivity contribution < 1.29 is 5.11 Å². The van der Waals surface area contributed by atoms with E-state index in [0.29, 0.717) is 0 Å². The van der Waals surface area contributed by atoms with Gasteiger partial charge in [0, 0.05) is 12.1 Å². The molecule has 2 nitrogen and oxygen atoms in total. The van der Waals surface area contributed by atoms with Crippen molar-refractivity contribution in [2.24, 2.45) is 10.9 Å². The Morgan fingerprint density at radius 1 is 1.42 bits per heavy atom. The number of allylic oxidation sites excluding steroid dienone is 1. The second-order valence-electron chi connectivity index (χ2n) is 3.15. The average molecular weight is 167 g/mol. The van der Waals surface area contributed by atoms with Crippen molar-refractivity contribution in [3.8, 4) is 0 Å². The molecular weight excluding hydrogens is 150 g/mol. The zero-order valence-electron chi connectivity index (χ0n) is 8.04. The van der Waals surface area contributed by atoms with E-state index in [1.807, 2.05) is 20.8 Å². The number of hydrogen-bond acceptors (Lipinski definition) is 2. The van der Waals surface area contributed by atoms with Crippen LogP contribution >= 0.6 is 0 Å². The molecule has 0 aliphatic carbocycles. The summed E-state index contributed by atoms with van der Waals surface area (Å²) in [5, 5.41) is 9.07. The summed E-state index contributed by atoms with van der Waals surface area (Å²) in [6.45, 7) is 12.9. The Hall–Kier alpha value is -1.05. The molecule has 1 N–H and O–H groups in total. The standard InChI is InChI=1S/C10H17NO/c1-7(2)6-11-9(4)8(3)10(5)12/h6,8-9,12H,1,5H2,2-4H3. The fourth-order valence-electron chi connectivity index (χ4n) is 0.652. The van der Waals surface area contributed by atoms with Crippen LogP contribution in [0.2, 0.25) is 0 Å². The maximum atomic E-state index is 9.07. The van der Waals surface area contributed by atoms with Gasteiger partial charge in [0.1, 0.15) is 0 Å². The molecule has 0 rings (SSSR count). The van der Waals surface area contributed by atoms with Gasteiger partial charge in [-0.1, -0.05) is 20.1 Å². The van der Waals surface area contributed by atoms with E-state index < -0.39 is 0 Å². The fraction of sp³-hybridized carbons (Fsp3) is 0.500. The maximum absolute atomic E-state index is 9.07. The minimum Gasteiger partial charge on any atom is -0.513 e. The van der Waals surface area contributed by atoms with Crippen molar-refractivity contribution in [1.82, 2.24) is 0 Å².